The number of carbonyl (C=O) groups is 2. The van der Waals surface area contributed by atoms with Crippen molar-refractivity contribution >= 4 is 38.9 Å². The summed E-state index contributed by atoms with van der Waals surface area (Å²) in [7, 11) is 0. The minimum Gasteiger partial charge on any atom is -0.480 e. The largest absolute Gasteiger partial charge is 0.480 e. The summed E-state index contributed by atoms with van der Waals surface area (Å²) in [5.74, 6) is -1.36. The predicted molar refractivity (Wildman–Crippen MR) is 113 cm³/mol. The Kier molecular flexibility index (Phi) is 5.76. The van der Waals surface area contributed by atoms with Crippen LogP contribution in [0.15, 0.2) is 46.9 Å². The number of halogens is 2. The fourth-order valence-corrected chi connectivity index (χ4v) is 4.71. The third-order valence-corrected chi connectivity index (χ3v) is 5.91. The van der Waals surface area contributed by atoms with Crippen molar-refractivity contribution in [2.24, 2.45) is 0 Å². The fraction of sp³-hybridized carbons (Fsp3) is 0.273. The number of benzene rings is 2. The maximum atomic E-state index is 14.1. The van der Waals surface area contributed by atoms with Crippen LogP contribution < -0.4 is 5.32 Å². The van der Waals surface area contributed by atoms with E-state index >= 15 is 0 Å². The van der Waals surface area contributed by atoms with Crippen LogP contribution in [-0.2, 0) is 35.5 Å². The van der Waals surface area contributed by atoms with Gasteiger partial charge < -0.3 is 19.7 Å². The number of nitrogens with one attached hydrogen (secondary N) is 1. The summed E-state index contributed by atoms with van der Waals surface area (Å²) < 4.78 is 21.6. The van der Waals surface area contributed by atoms with Gasteiger partial charge in [-0.15, -0.1) is 0 Å². The van der Waals surface area contributed by atoms with Crippen molar-refractivity contribution in [2.75, 3.05) is 0 Å². The maximum absolute atomic E-state index is 14.1. The van der Waals surface area contributed by atoms with Gasteiger partial charge in [0.1, 0.15) is 19.0 Å². The van der Waals surface area contributed by atoms with E-state index in [0.29, 0.717) is 34.6 Å². The van der Waals surface area contributed by atoms with E-state index in [1.54, 1.807) is 4.57 Å². The third kappa shape index (κ3) is 4.18. The molecule has 0 fully saturated rings. The Morgan fingerprint density at radius 1 is 1.27 bits per heavy atom. The lowest BCUT2D eigenvalue weighted by Crippen LogP contribution is -2.39. The quantitative estimate of drug-likeness (QED) is 0.573. The molecule has 1 atom stereocenters. The van der Waals surface area contributed by atoms with Crippen LogP contribution in [0, 0.1) is 5.82 Å². The van der Waals surface area contributed by atoms with E-state index in [2.05, 4.69) is 21.2 Å². The van der Waals surface area contributed by atoms with Gasteiger partial charge in [0.15, 0.2) is 0 Å². The van der Waals surface area contributed by atoms with Crippen molar-refractivity contribution in [3.8, 4) is 0 Å². The van der Waals surface area contributed by atoms with E-state index in [1.165, 1.54) is 12.1 Å². The molecular formula is C22H20BrFN2O4. The maximum Gasteiger partial charge on any atom is 0.407 e. The summed E-state index contributed by atoms with van der Waals surface area (Å²) in [5.41, 5.74) is 3.30. The summed E-state index contributed by atoms with van der Waals surface area (Å²) >= 11 is 3.37. The molecule has 0 saturated carbocycles. The van der Waals surface area contributed by atoms with Gasteiger partial charge in [0.25, 0.3) is 0 Å². The molecule has 8 heteroatoms. The number of aromatic nitrogens is 1. The predicted octanol–water partition coefficient (Wildman–Crippen LogP) is 4.41. The molecular weight excluding hydrogens is 455 g/mol. The number of hydrogen-bond donors (Lipinski definition) is 2. The first-order valence-electron chi connectivity index (χ1n) is 9.60. The molecule has 1 heterocycles. The number of carboxylic acid groups (broad SMARTS) is 1. The van der Waals surface area contributed by atoms with Gasteiger partial charge >= 0.3 is 12.1 Å². The Morgan fingerprint density at radius 3 is 2.77 bits per heavy atom. The molecule has 0 saturated heterocycles. The molecule has 3 aromatic rings. The Bertz CT molecular complexity index is 1110. The lowest BCUT2D eigenvalue weighted by molar-refractivity contribution is -0.137. The fourth-order valence-electron chi connectivity index (χ4n) is 4.06. The molecule has 0 radical (unpaired) electrons. The van der Waals surface area contributed by atoms with Crippen LogP contribution in [0.1, 0.15) is 23.2 Å². The lowest BCUT2D eigenvalue weighted by atomic mass is 9.91. The molecule has 1 aliphatic rings. The minimum absolute atomic E-state index is 0.174. The SMILES string of the molecule is O=C(O)Cn1c2c(c3cc(F)cc(Br)c31)C[C@H](NC(=O)OCc1ccccc1)CC2. The summed E-state index contributed by atoms with van der Waals surface area (Å²) in [4.78, 5) is 23.6. The Labute approximate surface area is 180 Å². The Morgan fingerprint density at radius 2 is 2.03 bits per heavy atom. The van der Waals surface area contributed by atoms with E-state index in [4.69, 9.17) is 4.74 Å². The standard InChI is InChI=1S/C22H20BrFN2O4/c23-18-9-14(24)8-17-16-10-15(6-7-19(16)26(21(17)18)11-20(27)28)25-22(29)30-12-13-4-2-1-3-5-13/h1-5,8-9,15H,6-7,10-12H2,(H,25,29)(H,27,28)/t15-/m1/s1. The highest BCUT2D eigenvalue weighted by Gasteiger charge is 2.28. The first-order chi connectivity index (χ1) is 14.4. The zero-order valence-electron chi connectivity index (χ0n) is 16.0. The van der Waals surface area contributed by atoms with Gasteiger partial charge in [-0.1, -0.05) is 30.3 Å². The van der Waals surface area contributed by atoms with E-state index in [1.807, 2.05) is 30.3 Å². The molecule has 0 spiro atoms. The molecule has 0 unspecified atom stereocenters. The highest BCUT2D eigenvalue weighted by atomic mass is 79.9. The van der Waals surface area contributed by atoms with Gasteiger partial charge in [0, 0.05) is 21.6 Å². The number of nitrogens with zero attached hydrogens (tertiary/aromatic N) is 1. The lowest BCUT2D eigenvalue weighted by Gasteiger charge is -2.24. The number of fused-ring (bicyclic) bond motifs is 3. The average molecular weight is 475 g/mol. The molecule has 0 bridgehead atoms. The number of hydrogen-bond acceptors (Lipinski definition) is 3. The van der Waals surface area contributed by atoms with Crippen LogP contribution in [0.4, 0.5) is 9.18 Å². The molecule has 156 valence electrons. The first kappa shape index (κ1) is 20.4. The zero-order chi connectivity index (χ0) is 21.3. The summed E-state index contributed by atoms with van der Waals surface area (Å²) in [6.45, 7) is -0.0198. The normalized spacial score (nSPS) is 15.6. The van der Waals surface area contributed by atoms with Gasteiger partial charge in [0.2, 0.25) is 0 Å². The van der Waals surface area contributed by atoms with E-state index in [-0.39, 0.29) is 19.2 Å². The first-order valence-corrected chi connectivity index (χ1v) is 10.4. The van der Waals surface area contributed by atoms with Gasteiger partial charge in [-0.05, 0) is 58.5 Å². The second-order valence-electron chi connectivity index (χ2n) is 7.33. The highest BCUT2D eigenvalue weighted by Crippen LogP contribution is 2.36. The van der Waals surface area contributed by atoms with Crippen molar-refractivity contribution in [1.82, 2.24) is 9.88 Å². The van der Waals surface area contributed by atoms with Gasteiger partial charge in [0.05, 0.1) is 5.52 Å². The van der Waals surface area contributed by atoms with Gasteiger partial charge in [-0.2, -0.15) is 0 Å². The Balaban J connectivity index is 1.54. The van der Waals surface area contributed by atoms with Crippen LogP contribution in [-0.4, -0.2) is 27.8 Å². The number of aliphatic carboxylic acids is 1. The highest BCUT2D eigenvalue weighted by molar-refractivity contribution is 9.10. The Hall–Kier alpha value is -2.87. The van der Waals surface area contributed by atoms with Crippen LogP contribution in [0.25, 0.3) is 10.9 Å². The summed E-state index contributed by atoms with van der Waals surface area (Å²) in [5, 5.41) is 12.9. The molecule has 1 aromatic heterocycles. The molecule has 2 aromatic carbocycles. The van der Waals surface area contributed by atoms with Gasteiger partial charge in [-0.25, -0.2) is 9.18 Å². The van der Waals surface area contributed by atoms with Crippen LogP contribution >= 0.6 is 15.9 Å². The van der Waals surface area contributed by atoms with Crippen LogP contribution in [0.3, 0.4) is 0 Å². The number of carbonyl (C=O) groups excluding carboxylic acids is 1. The van der Waals surface area contributed by atoms with Crippen molar-refractivity contribution in [2.45, 2.75) is 38.5 Å². The summed E-state index contributed by atoms with van der Waals surface area (Å²) in [6, 6.07) is 12.0. The molecule has 0 aliphatic heterocycles. The number of ether oxygens (including phenoxy) is 1. The second kappa shape index (κ2) is 8.47. The van der Waals surface area contributed by atoms with E-state index < -0.39 is 17.9 Å². The van der Waals surface area contributed by atoms with E-state index in [9.17, 15) is 19.1 Å². The molecule has 1 aliphatic carbocycles. The number of amides is 1. The number of alkyl carbamates (subject to hydrolysis) is 1. The molecule has 6 nitrogen and oxygen atoms in total. The summed E-state index contributed by atoms with van der Waals surface area (Å²) in [6.07, 6.45) is 1.20. The second-order valence-corrected chi connectivity index (χ2v) is 8.19. The monoisotopic (exact) mass is 474 g/mol. The third-order valence-electron chi connectivity index (χ3n) is 5.31. The van der Waals surface area contributed by atoms with Crippen molar-refractivity contribution in [3.05, 3.63) is 69.6 Å². The average Bonchev–Trinajstić information content (AvgIpc) is 3.00. The van der Waals surface area contributed by atoms with Crippen LogP contribution in [0.2, 0.25) is 0 Å². The van der Waals surface area contributed by atoms with E-state index in [0.717, 1.165) is 16.8 Å². The van der Waals surface area contributed by atoms with Gasteiger partial charge in [-0.3, -0.25) is 4.79 Å². The zero-order valence-corrected chi connectivity index (χ0v) is 17.6. The molecule has 30 heavy (non-hydrogen) atoms. The van der Waals surface area contributed by atoms with Crippen molar-refractivity contribution in [3.63, 3.8) is 0 Å². The smallest absolute Gasteiger partial charge is 0.407 e. The molecule has 2 N–H and O–H groups in total. The minimum atomic E-state index is -0.962. The number of rotatable bonds is 5. The molecule has 4 rings (SSSR count). The molecule has 1 amide bonds. The topological polar surface area (TPSA) is 80.6 Å². The number of carboxylic acids is 1. The van der Waals surface area contributed by atoms with Crippen molar-refractivity contribution in [1.29, 1.82) is 0 Å². The van der Waals surface area contributed by atoms with Crippen LogP contribution in [0.5, 0.6) is 0 Å². The van der Waals surface area contributed by atoms with Crippen molar-refractivity contribution < 1.29 is 23.8 Å².